The van der Waals surface area contributed by atoms with Crippen molar-refractivity contribution in [1.82, 2.24) is 0 Å². The van der Waals surface area contributed by atoms with E-state index in [-0.39, 0.29) is 5.92 Å². The lowest BCUT2D eigenvalue weighted by Gasteiger charge is -2.36. The second-order valence-electron chi connectivity index (χ2n) is 6.49. The molecule has 0 amide bonds. The van der Waals surface area contributed by atoms with Gasteiger partial charge >= 0.3 is 0 Å². The highest BCUT2D eigenvalue weighted by Crippen LogP contribution is 2.32. The highest BCUT2D eigenvalue weighted by molar-refractivity contribution is 5.14. The number of rotatable bonds is 14. The minimum absolute atomic E-state index is 0.253. The first kappa shape index (κ1) is 21.1. The minimum Gasteiger partial charge on any atom is -0.331 e. The van der Waals surface area contributed by atoms with E-state index >= 15 is 0 Å². The number of hydrogen-bond donors (Lipinski definition) is 0. The summed E-state index contributed by atoms with van der Waals surface area (Å²) in [5.41, 5.74) is 1.39. The number of benzene rings is 1. The van der Waals surface area contributed by atoms with Gasteiger partial charge in [0.1, 0.15) is 0 Å². The average molecular weight is 337 g/mol. The van der Waals surface area contributed by atoms with E-state index in [9.17, 15) is 0 Å². The van der Waals surface area contributed by atoms with Gasteiger partial charge in [0.25, 0.3) is 5.97 Å². The summed E-state index contributed by atoms with van der Waals surface area (Å²) in [4.78, 5) is 0. The molecule has 0 heterocycles. The Morgan fingerprint density at radius 2 is 1.38 bits per heavy atom. The highest BCUT2D eigenvalue weighted by Gasteiger charge is 2.39. The van der Waals surface area contributed by atoms with Crippen LogP contribution < -0.4 is 0 Å². The second-order valence-corrected chi connectivity index (χ2v) is 6.49. The van der Waals surface area contributed by atoms with Crippen LogP contribution in [0.15, 0.2) is 30.3 Å². The van der Waals surface area contributed by atoms with E-state index in [4.69, 9.17) is 14.2 Å². The molecule has 0 aromatic heterocycles. The molecular weight excluding hydrogens is 300 g/mol. The van der Waals surface area contributed by atoms with Gasteiger partial charge in [-0.2, -0.15) is 0 Å². The fourth-order valence-electron chi connectivity index (χ4n) is 3.44. The minimum atomic E-state index is -0.915. The molecule has 0 N–H and O–H groups in total. The Morgan fingerprint density at radius 3 is 1.96 bits per heavy atom. The summed E-state index contributed by atoms with van der Waals surface area (Å²) in [6.07, 6.45) is 10.7. The van der Waals surface area contributed by atoms with Crippen molar-refractivity contribution in [2.45, 2.75) is 70.7 Å². The lowest BCUT2D eigenvalue weighted by atomic mass is 9.91. The monoisotopic (exact) mass is 336 g/mol. The van der Waals surface area contributed by atoms with Crippen molar-refractivity contribution in [3.63, 3.8) is 0 Å². The summed E-state index contributed by atoms with van der Waals surface area (Å²) in [6, 6.07) is 10.6. The molecule has 3 heteroatoms. The van der Waals surface area contributed by atoms with E-state index in [0.29, 0.717) is 0 Å². The maximum absolute atomic E-state index is 5.63. The normalized spacial score (nSPS) is 13.2. The molecule has 1 aromatic carbocycles. The van der Waals surface area contributed by atoms with Gasteiger partial charge in [-0.3, -0.25) is 0 Å². The van der Waals surface area contributed by atoms with Crippen molar-refractivity contribution in [2.24, 2.45) is 5.92 Å². The van der Waals surface area contributed by atoms with Crippen LogP contribution in [0, 0.1) is 5.92 Å². The summed E-state index contributed by atoms with van der Waals surface area (Å²) in [7, 11) is 5.02. The molecule has 0 aliphatic carbocycles. The predicted molar refractivity (Wildman–Crippen MR) is 100 cm³/mol. The summed E-state index contributed by atoms with van der Waals surface area (Å²) in [5, 5.41) is 0. The zero-order valence-corrected chi connectivity index (χ0v) is 16.1. The van der Waals surface area contributed by atoms with Gasteiger partial charge in [0.05, 0.1) is 0 Å². The van der Waals surface area contributed by atoms with E-state index in [0.717, 1.165) is 25.7 Å². The Hall–Kier alpha value is -0.900. The van der Waals surface area contributed by atoms with Crippen molar-refractivity contribution in [1.29, 1.82) is 0 Å². The van der Waals surface area contributed by atoms with Gasteiger partial charge in [0.2, 0.25) is 0 Å². The molecule has 0 saturated heterocycles. The Labute approximate surface area is 148 Å². The molecular formula is C21H36O3. The van der Waals surface area contributed by atoms with Crippen molar-refractivity contribution < 1.29 is 14.2 Å². The molecule has 0 saturated carbocycles. The fraction of sp³-hybridized carbons (Fsp3) is 0.714. The third kappa shape index (κ3) is 6.92. The van der Waals surface area contributed by atoms with Crippen molar-refractivity contribution in [2.75, 3.05) is 21.3 Å². The average Bonchev–Trinajstić information content (AvgIpc) is 2.63. The summed E-state index contributed by atoms with van der Waals surface area (Å²) in [5.74, 6) is -0.663. The Morgan fingerprint density at radius 1 is 0.792 bits per heavy atom. The largest absolute Gasteiger partial charge is 0.331 e. The van der Waals surface area contributed by atoms with Crippen molar-refractivity contribution in [3.8, 4) is 0 Å². The van der Waals surface area contributed by atoms with Gasteiger partial charge in [0, 0.05) is 27.2 Å². The van der Waals surface area contributed by atoms with Crippen LogP contribution in [0.3, 0.4) is 0 Å². The molecule has 0 fully saturated rings. The van der Waals surface area contributed by atoms with E-state index in [1.54, 1.807) is 21.3 Å². The van der Waals surface area contributed by atoms with Crippen LogP contribution in [-0.2, 0) is 20.6 Å². The maximum Gasteiger partial charge on any atom is 0.285 e. The molecule has 1 rings (SSSR count). The SMILES string of the molecule is CCCCCCCC(CCCc1ccccc1)C(OC)(OC)OC. The number of methoxy groups -OCH3 is 3. The molecule has 0 aliphatic rings. The standard InChI is InChI=1S/C21H36O3/c1-5-6-7-8-12-17-20(21(22-2,23-3)24-4)18-13-16-19-14-10-9-11-15-19/h9-11,14-15,20H,5-8,12-13,16-18H2,1-4H3. The van der Waals surface area contributed by atoms with Crippen LogP contribution in [0.4, 0.5) is 0 Å². The third-order valence-electron chi connectivity index (χ3n) is 4.87. The third-order valence-corrected chi connectivity index (χ3v) is 4.87. The van der Waals surface area contributed by atoms with Crippen molar-refractivity contribution >= 4 is 0 Å². The van der Waals surface area contributed by atoms with Crippen LogP contribution in [0.5, 0.6) is 0 Å². The van der Waals surface area contributed by atoms with Gasteiger partial charge in [-0.05, 0) is 31.2 Å². The molecule has 0 radical (unpaired) electrons. The number of ether oxygens (including phenoxy) is 3. The van der Waals surface area contributed by atoms with Crippen LogP contribution in [-0.4, -0.2) is 27.3 Å². The molecule has 0 bridgehead atoms. The lowest BCUT2D eigenvalue weighted by molar-refractivity contribution is -0.380. The van der Waals surface area contributed by atoms with E-state index < -0.39 is 5.97 Å². The molecule has 0 spiro atoms. The molecule has 138 valence electrons. The molecule has 0 aliphatic heterocycles. The van der Waals surface area contributed by atoms with Crippen LogP contribution in [0.25, 0.3) is 0 Å². The highest BCUT2D eigenvalue weighted by atomic mass is 16.9. The second kappa shape index (κ2) is 12.5. The fourth-order valence-corrected chi connectivity index (χ4v) is 3.44. The van der Waals surface area contributed by atoms with Crippen molar-refractivity contribution in [3.05, 3.63) is 35.9 Å². The summed E-state index contributed by atoms with van der Waals surface area (Å²) < 4.78 is 16.9. The lowest BCUT2D eigenvalue weighted by Crippen LogP contribution is -2.44. The smallest absolute Gasteiger partial charge is 0.285 e. The molecule has 1 atom stereocenters. The number of hydrogen-bond acceptors (Lipinski definition) is 3. The Kier molecular flexibility index (Phi) is 11.0. The maximum atomic E-state index is 5.63. The van der Waals surface area contributed by atoms with Gasteiger partial charge < -0.3 is 14.2 Å². The van der Waals surface area contributed by atoms with Crippen LogP contribution in [0.1, 0.15) is 63.9 Å². The van der Waals surface area contributed by atoms with E-state index in [1.807, 2.05) is 0 Å². The molecule has 3 nitrogen and oxygen atoms in total. The van der Waals surface area contributed by atoms with Gasteiger partial charge in [-0.15, -0.1) is 0 Å². The first-order valence-corrected chi connectivity index (χ1v) is 9.41. The van der Waals surface area contributed by atoms with E-state index in [2.05, 4.69) is 37.3 Å². The topological polar surface area (TPSA) is 27.7 Å². The van der Waals surface area contributed by atoms with Gasteiger partial charge in [-0.25, -0.2) is 0 Å². The van der Waals surface area contributed by atoms with Gasteiger partial charge in [0.15, 0.2) is 0 Å². The number of aryl methyl sites for hydroxylation is 1. The summed E-state index contributed by atoms with van der Waals surface area (Å²) >= 11 is 0. The zero-order chi connectivity index (χ0) is 17.7. The molecule has 24 heavy (non-hydrogen) atoms. The Balaban J connectivity index is 2.55. The molecule has 1 unspecified atom stereocenters. The van der Waals surface area contributed by atoms with E-state index in [1.165, 1.54) is 37.7 Å². The zero-order valence-electron chi connectivity index (χ0n) is 16.1. The Bertz CT molecular complexity index is 393. The quantitative estimate of drug-likeness (QED) is 0.328. The predicted octanol–water partition coefficient (Wildman–Crippen LogP) is 5.58. The number of unbranched alkanes of at least 4 members (excludes halogenated alkanes) is 4. The molecule has 1 aromatic rings. The van der Waals surface area contributed by atoms with Crippen LogP contribution in [0.2, 0.25) is 0 Å². The van der Waals surface area contributed by atoms with Crippen LogP contribution >= 0.6 is 0 Å². The first-order chi connectivity index (χ1) is 11.7. The first-order valence-electron chi connectivity index (χ1n) is 9.41. The summed E-state index contributed by atoms with van der Waals surface area (Å²) in [6.45, 7) is 2.25. The van der Waals surface area contributed by atoms with Gasteiger partial charge in [-0.1, -0.05) is 69.4 Å².